The number of hydrogen-bond donors (Lipinski definition) is 2. The molecule has 0 aliphatic carbocycles. The van der Waals surface area contributed by atoms with E-state index in [0.717, 1.165) is 18.5 Å². The summed E-state index contributed by atoms with van der Waals surface area (Å²) in [6, 6.07) is 9.36. The second kappa shape index (κ2) is 8.01. The maximum atomic E-state index is 12.4. The van der Waals surface area contributed by atoms with E-state index >= 15 is 0 Å². The van der Waals surface area contributed by atoms with Crippen LogP contribution in [-0.4, -0.2) is 67.3 Å². The molecule has 0 aromatic heterocycles. The standard InChI is InChI=1S/C17H24N4O3/c22-16(18-14-4-2-1-3-5-14)19-15-6-8-20(9-7-15)17(23)21-10-12-24-13-11-21/h1-5,15H,6-13H2,(H2,18,19,22). The van der Waals surface area contributed by atoms with E-state index in [9.17, 15) is 9.59 Å². The number of hydrogen-bond acceptors (Lipinski definition) is 3. The summed E-state index contributed by atoms with van der Waals surface area (Å²) in [6.45, 7) is 3.90. The molecule has 0 atom stereocenters. The molecule has 1 aromatic rings. The van der Waals surface area contributed by atoms with Crippen LogP contribution in [0.15, 0.2) is 30.3 Å². The summed E-state index contributed by atoms with van der Waals surface area (Å²) in [4.78, 5) is 28.2. The number of rotatable bonds is 2. The Morgan fingerprint density at radius 1 is 0.958 bits per heavy atom. The number of nitrogens with one attached hydrogen (secondary N) is 2. The maximum absolute atomic E-state index is 12.4. The van der Waals surface area contributed by atoms with Crippen LogP contribution in [0.3, 0.4) is 0 Å². The molecule has 1 aromatic carbocycles. The number of likely N-dealkylation sites (tertiary alicyclic amines) is 1. The Bertz CT molecular complexity index is 552. The van der Waals surface area contributed by atoms with Crippen LogP contribution in [0.4, 0.5) is 15.3 Å². The van der Waals surface area contributed by atoms with E-state index in [1.807, 2.05) is 40.1 Å². The van der Waals surface area contributed by atoms with Crippen molar-refractivity contribution >= 4 is 17.7 Å². The summed E-state index contributed by atoms with van der Waals surface area (Å²) < 4.78 is 5.28. The Morgan fingerprint density at radius 2 is 1.58 bits per heavy atom. The summed E-state index contributed by atoms with van der Waals surface area (Å²) in [5.41, 5.74) is 0.773. The fourth-order valence-electron chi connectivity index (χ4n) is 3.04. The quantitative estimate of drug-likeness (QED) is 0.866. The minimum Gasteiger partial charge on any atom is -0.378 e. The molecule has 2 aliphatic heterocycles. The van der Waals surface area contributed by atoms with Gasteiger partial charge in [0, 0.05) is 37.9 Å². The molecule has 0 radical (unpaired) electrons. The smallest absolute Gasteiger partial charge is 0.320 e. The topological polar surface area (TPSA) is 73.9 Å². The molecule has 2 saturated heterocycles. The van der Waals surface area contributed by atoms with Gasteiger partial charge in [-0.3, -0.25) is 0 Å². The van der Waals surface area contributed by atoms with Crippen molar-refractivity contribution in [3.63, 3.8) is 0 Å². The molecule has 130 valence electrons. The summed E-state index contributed by atoms with van der Waals surface area (Å²) in [7, 11) is 0. The summed E-state index contributed by atoms with van der Waals surface area (Å²) in [5.74, 6) is 0. The van der Waals surface area contributed by atoms with Gasteiger partial charge >= 0.3 is 12.1 Å². The molecule has 24 heavy (non-hydrogen) atoms. The van der Waals surface area contributed by atoms with Crippen LogP contribution in [-0.2, 0) is 4.74 Å². The van der Waals surface area contributed by atoms with Crippen molar-refractivity contribution in [3.8, 4) is 0 Å². The average molecular weight is 332 g/mol. The second-order valence-corrected chi connectivity index (χ2v) is 6.11. The van der Waals surface area contributed by atoms with Gasteiger partial charge in [-0.1, -0.05) is 18.2 Å². The lowest BCUT2D eigenvalue weighted by atomic mass is 10.1. The van der Waals surface area contributed by atoms with Crippen molar-refractivity contribution in [1.29, 1.82) is 0 Å². The molecule has 2 heterocycles. The summed E-state index contributed by atoms with van der Waals surface area (Å²) >= 11 is 0. The predicted molar refractivity (Wildman–Crippen MR) is 91.0 cm³/mol. The lowest BCUT2D eigenvalue weighted by Crippen LogP contribution is -2.53. The molecular formula is C17H24N4O3. The number of amides is 4. The zero-order valence-electron chi connectivity index (χ0n) is 13.7. The zero-order chi connectivity index (χ0) is 16.8. The number of ether oxygens (including phenoxy) is 1. The third kappa shape index (κ3) is 4.38. The largest absolute Gasteiger partial charge is 0.378 e. The third-order valence-corrected chi connectivity index (χ3v) is 4.41. The van der Waals surface area contributed by atoms with Crippen molar-refractivity contribution in [2.75, 3.05) is 44.7 Å². The number of urea groups is 2. The van der Waals surface area contributed by atoms with E-state index in [-0.39, 0.29) is 18.1 Å². The molecule has 0 bridgehead atoms. The number of piperidine rings is 1. The van der Waals surface area contributed by atoms with Gasteiger partial charge in [-0.2, -0.15) is 0 Å². The second-order valence-electron chi connectivity index (χ2n) is 6.11. The van der Waals surface area contributed by atoms with Crippen molar-refractivity contribution in [2.24, 2.45) is 0 Å². The number of nitrogens with zero attached hydrogens (tertiary/aromatic N) is 2. The van der Waals surface area contributed by atoms with Gasteiger partial charge in [0.2, 0.25) is 0 Å². The molecule has 7 nitrogen and oxygen atoms in total. The number of para-hydroxylation sites is 1. The maximum Gasteiger partial charge on any atom is 0.320 e. The van der Waals surface area contributed by atoms with Gasteiger partial charge < -0.3 is 25.2 Å². The van der Waals surface area contributed by atoms with Crippen molar-refractivity contribution < 1.29 is 14.3 Å². The van der Waals surface area contributed by atoms with Crippen LogP contribution >= 0.6 is 0 Å². The lowest BCUT2D eigenvalue weighted by Gasteiger charge is -2.37. The Morgan fingerprint density at radius 3 is 2.25 bits per heavy atom. The highest BCUT2D eigenvalue weighted by Gasteiger charge is 2.27. The third-order valence-electron chi connectivity index (χ3n) is 4.41. The number of morpholine rings is 1. The minimum atomic E-state index is -0.195. The first-order chi connectivity index (χ1) is 11.7. The highest BCUT2D eigenvalue weighted by molar-refractivity contribution is 5.89. The normalized spacial score (nSPS) is 19.0. The highest BCUT2D eigenvalue weighted by Crippen LogP contribution is 2.14. The van der Waals surface area contributed by atoms with Crippen LogP contribution in [0.25, 0.3) is 0 Å². The first-order valence-corrected chi connectivity index (χ1v) is 8.46. The monoisotopic (exact) mass is 332 g/mol. The molecule has 3 rings (SSSR count). The van der Waals surface area contributed by atoms with Gasteiger partial charge in [-0.15, -0.1) is 0 Å². The molecule has 0 unspecified atom stereocenters. The van der Waals surface area contributed by atoms with Crippen LogP contribution in [0.5, 0.6) is 0 Å². The zero-order valence-corrected chi connectivity index (χ0v) is 13.7. The SMILES string of the molecule is O=C(Nc1ccccc1)NC1CCN(C(=O)N2CCOCC2)CC1. The Kier molecular flexibility index (Phi) is 5.53. The average Bonchev–Trinajstić information content (AvgIpc) is 2.63. The molecule has 0 saturated carbocycles. The molecule has 2 fully saturated rings. The van der Waals surface area contributed by atoms with Gasteiger partial charge in [0.25, 0.3) is 0 Å². The summed E-state index contributed by atoms with van der Waals surface area (Å²) in [6.07, 6.45) is 1.55. The van der Waals surface area contributed by atoms with Gasteiger partial charge in [-0.25, -0.2) is 9.59 Å². The fourth-order valence-corrected chi connectivity index (χ4v) is 3.04. The Hall–Kier alpha value is -2.28. The van der Waals surface area contributed by atoms with Crippen molar-refractivity contribution in [3.05, 3.63) is 30.3 Å². The van der Waals surface area contributed by atoms with Crippen LogP contribution in [0.1, 0.15) is 12.8 Å². The van der Waals surface area contributed by atoms with Crippen LogP contribution < -0.4 is 10.6 Å². The molecule has 2 aliphatic rings. The van der Waals surface area contributed by atoms with Gasteiger partial charge in [0.1, 0.15) is 0 Å². The van der Waals surface area contributed by atoms with Crippen molar-refractivity contribution in [2.45, 2.75) is 18.9 Å². The van der Waals surface area contributed by atoms with E-state index < -0.39 is 0 Å². The molecule has 4 amide bonds. The van der Waals surface area contributed by atoms with E-state index in [1.54, 1.807) is 0 Å². The Balaban J connectivity index is 1.41. The summed E-state index contributed by atoms with van der Waals surface area (Å²) in [5, 5.41) is 5.81. The van der Waals surface area contributed by atoms with Crippen molar-refractivity contribution in [1.82, 2.24) is 15.1 Å². The van der Waals surface area contributed by atoms with E-state index in [1.165, 1.54) is 0 Å². The van der Waals surface area contributed by atoms with Crippen LogP contribution in [0, 0.1) is 0 Å². The lowest BCUT2D eigenvalue weighted by molar-refractivity contribution is 0.0409. The number of carbonyl (C=O) groups excluding carboxylic acids is 2. The number of anilines is 1. The van der Waals surface area contributed by atoms with Gasteiger partial charge in [-0.05, 0) is 25.0 Å². The van der Waals surface area contributed by atoms with E-state index in [2.05, 4.69) is 10.6 Å². The highest BCUT2D eigenvalue weighted by atomic mass is 16.5. The molecule has 2 N–H and O–H groups in total. The first-order valence-electron chi connectivity index (χ1n) is 8.46. The van der Waals surface area contributed by atoms with E-state index in [0.29, 0.717) is 39.4 Å². The van der Waals surface area contributed by atoms with Crippen LogP contribution in [0.2, 0.25) is 0 Å². The van der Waals surface area contributed by atoms with Gasteiger partial charge in [0.15, 0.2) is 0 Å². The minimum absolute atomic E-state index is 0.0884. The fraction of sp³-hybridized carbons (Fsp3) is 0.529. The first kappa shape index (κ1) is 16.6. The van der Waals surface area contributed by atoms with E-state index in [4.69, 9.17) is 4.74 Å². The number of benzene rings is 1. The Labute approximate surface area is 141 Å². The predicted octanol–water partition coefficient (Wildman–Crippen LogP) is 1.72. The molecule has 0 spiro atoms. The number of carbonyl (C=O) groups is 2. The molecular weight excluding hydrogens is 308 g/mol. The van der Waals surface area contributed by atoms with Gasteiger partial charge in [0.05, 0.1) is 13.2 Å². The molecule has 7 heteroatoms.